The average molecular weight is 321 g/mol. The number of aromatic amines is 1. The number of nitrogens with one attached hydrogen (secondary N) is 2. The number of amides is 1. The number of carbonyl (C=O) groups is 1. The quantitative estimate of drug-likeness (QED) is 0.775. The third-order valence-corrected chi connectivity index (χ3v) is 4.04. The molecular weight excluding hydrogens is 302 g/mol. The summed E-state index contributed by atoms with van der Waals surface area (Å²) in [5, 5.41) is 4.19. The minimum Gasteiger partial charge on any atom is -0.373 e. The van der Waals surface area contributed by atoms with Crippen LogP contribution in [0.15, 0.2) is 59.4 Å². The fourth-order valence-electron chi connectivity index (χ4n) is 2.61. The van der Waals surface area contributed by atoms with Gasteiger partial charge in [0, 0.05) is 19.0 Å². The van der Waals surface area contributed by atoms with Crippen molar-refractivity contribution in [1.29, 1.82) is 0 Å². The minimum absolute atomic E-state index is 0.243. The molecule has 0 aliphatic carbocycles. The fourth-order valence-corrected chi connectivity index (χ4v) is 2.61. The number of hydrogen-bond donors (Lipinski definition) is 2. The highest BCUT2D eigenvalue weighted by Gasteiger charge is 2.13. The predicted molar refractivity (Wildman–Crippen MR) is 97.9 cm³/mol. The molecule has 3 aromatic rings. The Morgan fingerprint density at radius 2 is 1.83 bits per heavy atom. The van der Waals surface area contributed by atoms with E-state index >= 15 is 0 Å². The highest BCUT2D eigenvalue weighted by molar-refractivity contribution is 6.06. The topological polar surface area (TPSA) is 65.2 Å². The molecule has 0 unspecified atom stereocenters. The second-order valence-electron chi connectivity index (χ2n) is 5.58. The van der Waals surface area contributed by atoms with Gasteiger partial charge in [-0.3, -0.25) is 9.59 Å². The smallest absolute Gasteiger partial charge is 0.272 e. The summed E-state index contributed by atoms with van der Waals surface area (Å²) in [6, 6.07) is 16.5. The molecule has 2 N–H and O–H groups in total. The van der Waals surface area contributed by atoms with Gasteiger partial charge >= 0.3 is 0 Å². The van der Waals surface area contributed by atoms with E-state index < -0.39 is 0 Å². The average Bonchev–Trinajstić information content (AvgIpc) is 2.61. The van der Waals surface area contributed by atoms with Gasteiger partial charge in [-0.15, -0.1) is 0 Å². The first-order valence-electron chi connectivity index (χ1n) is 7.83. The number of nitrogens with zero attached hydrogens (tertiary/aromatic N) is 1. The SMILES string of the molecule is CCN(C)c1ccccc1NC(=O)c1cc2ccccc2c(=O)[nH]1. The third-order valence-electron chi connectivity index (χ3n) is 4.04. The molecule has 0 radical (unpaired) electrons. The molecular formula is C19H19N3O2. The number of pyridine rings is 1. The van der Waals surface area contributed by atoms with E-state index in [0.717, 1.165) is 17.6 Å². The molecule has 0 fully saturated rings. The van der Waals surface area contributed by atoms with Crippen LogP contribution in [-0.2, 0) is 0 Å². The summed E-state index contributed by atoms with van der Waals surface area (Å²) < 4.78 is 0. The van der Waals surface area contributed by atoms with Gasteiger partial charge in [0.2, 0.25) is 0 Å². The third kappa shape index (κ3) is 3.01. The van der Waals surface area contributed by atoms with Crippen molar-refractivity contribution < 1.29 is 4.79 Å². The summed E-state index contributed by atoms with van der Waals surface area (Å²) in [6.45, 7) is 2.86. The first-order valence-corrected chi connectivity index (χ1v) is 7.83. The van der Waals surface area contributed by atoms with E-state index in [9.17, 15) is 9.59 Å². The highest BCUT2D eigenvalue weighted by atomic mass is 16.2. The van der Waals surface area contributed by atoms with Crippen LogP contribution >= 0.6 is 0 Å². The van der Waals surface area contributed by atoms with Crippen LogP contribution in [0.2, 0.25) is 0 Å². The first-order chi connectivity index (χ1) is 11.6. The summed E-state index contributed by atoms with van der Waals surface area (Å²) in [6.07, 6.45) is 0. The van der Waals surface area contributed by atoms with Crippen LogP contribution in [0.4, 0.5) is 11.4 Å². The Bertz CT molecular complexity index is 946. The van der Waals surface area contributed by atoms with Crippen LogP contribution in [0.1, 0.15) is 17.4 Å². The molecule has 0 atom stereocenters. The summed E-state index contributed by atoms with van der Waals surface area (Å²) >= 11 is 0. The van der Waals surface area contributed by atoms with Crippen molar-refractivity contribution in [1.82, 2.24) is 4.98 Å². The van der Waals surface area contributed by atoms with Gasteiger partial charge in [0.05, 0.1) is 11.4 Å². The first kappa shape index (κ1) is 15.8. The summed E-state index contributed by atoms with van der Waals surface area (Å²) in [5.74, 6) is -0.338. The van der Waals surface area contributed by atoms with Crippen molar-refractivity contribution in [2.24, 2.45) is 0 Å². The molecule has 5 nitrogen and oxygen atoms in total. The molecule has 1 amide bonds. The van der Waals surface area contributed by atoms with E-state index in [1.165, 1.54) is 0 Å². The van der Waals surface area contributed by atoms with Gasteiger partial charge in [-0.2, -0.15) is 0 Å². The lowest BCUT2D eigenvalue weighted by Gasteiger charge is -2.20. The summed E-state index contributed by atoms with van der Waals surface area (Å²) in [4.78, 5) is 29.4. The zero-order valence-corrected chi connectivity index (χ0v) is 13.7. The maximum Gasteiger partial charge on any atom is 0.272 e. The molecule has 0 bridgehead atoms. The largest absolute Gasteiger partial charge is 0.373 e. The number of fused-ring (bicyclic) bond motifs is 1. The Morgan fingerprint density at radius 1 is 1.12 bits per heavy atom. The van der Waals surface area contributed by atoms with Crippen LogP contribution in [0.3, 0.4) is 0 Å². The molecule has 0 saturated heterocycles. The lowest BCUT2D eigenvalue weighted by molar-refractivity contribution is 0.102. The summed E-state index contributed by atoms with van der Waals surface area (Å²) in [7, 11) is 1.96. The van der Waals surface area contributed by atoms with Gasteiger partial charge in [-0.05, 0) is 36.6 Å². The van der Waals surface area contributed by atoms with Crippen molar-refractivity contribution in [3.8, 4) is 0 Å². The standard InChI is InChI=1S/C19H19N3O2/c1-3-22(2)17-11-7-6-10-15(17)20-19(24)16-12-13-8-4-5-9-14(13)18(23)21-16/h4-12H,3H2,1-2H3,(H,20,24)(H,21,23). The van der Waals surface area contributed by atoms with Gasteiger partial charge in [0.25, 0.3) is 11.5 Å². The number of aromatic nitrogens is 1. The van der Waals surface area contributed by atoms with Gasteiger partial charge in [-0.25, -0.2) is 0 Å². The Kier molecular flexibility index (Phi) is 4.33. The van der Waals surface area contributed by atoms with Crippen molar-refractivity contribution in [3.05, 3.63) is 70.6 Å². The van der Waals surface area contributed by atoms with E-state index in [-0.39, 0.29) is 17.2 Å². The Morgan fingerprint density at radius 3 is 2.62 bits per heavy atom. The second-order valence-corrected chi connectivity index (χ2v) is 5.58. The second kappa shape index (κ2) is 6.58. The molecule has 1 heterocycles. The minimum atomic E-state index is -0.338. The molecule has 0 aliphatic heterocycles. The molecule has 0 saturated carbocycles. The number of anilines is 2. The molecule has 2 aromatic carbocycles. The van der Waals surface area contributed by atoms with Crippen LogP contribution in [0.5, 0.6) is 0 Å². The van der Waals surface area contributed by atoms with Crippen molar-refractivity contribution in [2.75, 3.05) is 23.8 Å². The number of benzene rings is 2. The van der Waals surface area contributed by atoms with Gasteiger partial charge < -0.3 is 15.2 Å². The fraction of sp³-hybridized carbons (Fsp3) is 0.158. The van der Waals surface area contributed by atoms with Crippen LogP contribution in [-0.4, -0.2) is 24.5 Å². The molecule has 0 spiro atoms. The highest BCUT2D eigenvalue weighted by Crippen LogP contribution is 2.24. The monoisotopic (exact) mass is 321 g/mol. The van der Waals surface area contributed by atoms with E-state index in [1.807, 2.05) is 55.3 Å². The zero-order valence-electron chi connectivity index (χ0n) is 13.7. The van der Waals surface area contributed by atoms with Gasteiger partial charge in [0.15, 0.2) is 0 Å². The van der Waals surface area contributed by atoms with E-state index in [2.05, 4.69) is 10.3 Å². The number of H-pyrrole nitrogens is 1. The zero-order chi connectivity index (χ0) is 17.1. The predicted octanol–water partition coefficient (Wildman–Crippen LogP) is 3.24. The number of para-hydroxylation sites is 2. The molecule has 1 aromatic heterocycles. The Hall–Kier alpha value is -3.08. The number of hydrogen-bond acceptors (Lipinski definition) is 3. The summed E-state index contributed by atoms with van der Waals surface area (Å²) in [5.41, 5.74) is 1.61. The van der Waals surface area contributed by atoms with E-state index in [1.54, 1.807) is 18.2 Å². The Labute approximate surface area is 139 Å². The normalized spacial score (nSPS) is 10.6. The molecule has 0 aliphatic rings. The van der Waals surface area contributed by atoms with Crippen molar-refractivity contribution in [3.63, 3.8) is 0 Å². The molecule has 5 heteroatoms. The van der Waals surface area contributed by atoms with Gasteiger partial charge in [0.1, 0.15) is 5.69 Å². The maximum absolute atomic E-state index is 12.6. The van der Waals surface area contributed by atoms with E-state index in [0.29, 0.717) is 11.1 Å². The molecule has 3 rings (SSSR count). The van der Waals surface area contributed by atoms with Gasteiger partial charge in [-0.1, -0.05) is 30.3 Å². The molecule has 122 valence electrons. The number of carbonyl (C=O) groups excluding carboxylic acids is 1. The molecule has 24 heavy (non-hydrogen) atoms. The number of rotatable bonds is 4. The van der Waals surface area contributed by atoms with Crippen LogP contribution in [0.25, 0.3) is 10.8 Å². The van der Waals surface area contributed by atoms with Crippen molar-refractivity contribution in [2.45, 2.75) is 6.92 Å². The van der Waals surface area contributed by atoms with Crippen LogP contribution in [0, 0.1) is 0 Å². The Balaban J connectivity index is 1.95. The lowest BCUT2D eigenvalue weighted by atomic mass is 10.1. The lowest BCUT2D eigenvalue weighted by Crippen LogP contribution is -2.22. The van der Waals surface area contributed by atoms with E-state index in [4.69, 9.17) is 0 Å². The van der Waals surface area contributed by atoms with Crippen LogP contribution < -0.4 is 15.8 Å². The van der Waals surface area contributed by atoms with Crippen molar-refractivity contribution >= 4 is 28.1 Å². The maximum atomic E-state index is 12.6.